The molecule has 2 nitrogen and oxygen atoms in total. The first-order valence-electron chi connectivity index (χ1n) is 5.82. The summed E-state index contributed by atoms with van der Waals surface area (Å²) in [5.41, 5.74) is 1.17. The zero-order chi connectivity index (χ0) is 11.1. The number of rotatable bonds is 6. The van der Waals surface area contributed by atoms with Crippen LogP contribution < -0.4 is 0 Å². The van der Waals surface area contributed by atoms with Gasteiger partial charge in [0.25, 0.3) is 0 Å². The Balaban J connectivity index is 2.52. The Hall–Kier alpha value is -0.275. The second-order valence-corrected chi connectivity index (χ2v) is 4.26. The minimum Gasteiger partial charge on any atom is -0.381 e. The zero-order valence-electron chi connectivity index (χ0n) is 9.92. The summed E-state index contributed by atoms with van der Waals surface area (Å²) in [5.74, 6) is 0. The average molecular weight is 208 g/mol. The molecule has 3 heteroatoms. The van der Waals surface area contributed by atoms with Crippen LogP contribution in [0.3, 0.4) is 0 Å². The summed E-state index contributed by atoms with van der Waals surface area (Å²) in [6.07, 6.45) is 5.16. The maximum Gasteiger partial charge on any atom is 0.107 e. The molecule has 0 atom stereocenters. The summed E-state index contributed by atoms with van der Waals surface area (Å²) in [5, 5.41) is 0. The van der Waals surface area contributed by atoms with Gasteiger partial charge in [0.2, 0.25) is 0 Å². The molecule has 2 radical (unpaired) electrons. The highest BCUT2D eigenvalue weighted by Gasteiger charge is 2.31. The quantitative estimate of drug-likeness (QED) is 0.623. The van der Waals surface area contributed by atoms with Gasteiger partial charge < -0.3 is 9.47 Å². The molecule has 84 valence electrons. The second-order valence-electron chi connectivity index (χ2n) is 4.26. The van der Waals surface area contributed by atoms with Gasteiger partial charge in [-0.05, 0) is 33.1 Å². The molecule has 0 spiro atoms. The van der Waals surface area contributed by atoms with Crippen LogP contribution in [-0.4, -0.2) is 34.3 Å². The van der Waals surface area contributed by atoms with Crippen molar-refractivity contribution in [3.8, 4) is 0 Å². The average Bonchev–Trinajstić information content (AvgIpc) is 2.27. The van der Waals surface area contributed by atoms with Crippen LogP contribution in [0, 0.1) is 5.41 Å². The Morgan fingerprint density at radius 2 is 1.87 bits per heavy atom. The lowest BCUT2D eigenvalue weighted by Gasteiger charge is -2.35. The minimum absolute atomic E-state index is 0.162. The molecule has 1 aliphatic rings. The molecule has 0 saturated heterocycles. The van der Waals surface area contributed by atoms with Crippen molar-refractivity contribution in [2.45, 2.75) is 33.1 Å². The number of allylic oxidation sites excluding steroid dienone is 2. The summed E-state index contributed by atoms with van der Waals surface area (Å²) >= 11 is 0. The molecule has 0 heterocycles. The van der Waals surface area contributed by atoms with Crippen LogP contribution in [0.15, 0.2) is 11.5 Å². The Labute approximate surface area is 94.4 Å². The fourth-order valence-corrected chi connectivity index (χ4v) is 1.90. The van der Waals surface area contributed by atoms with E-state index in [-0.39, 0.29) is 5.41 Å². The van der Waals surface area contributed by atoms with Crippen LogP contribution in [0.1, 0.15) is 33.1 Å². The van der Waals surface area contributed by atoms with E-state index < -0.39 is 0 Å². The van der Waals surface area contributed by atoms with Gasteiger partial charge in [0.05, 0.1) is 13.2 Å². The maximum atomic E-state index is 5.79. The molecule has 0 N–H and O–H groups in total. The summed E-state index contributed by atoms with van der Waals surface area (Å²) < 4.78 is 11.1. The Morgan fingerprint density at radius 1 is 1.27 bits per heavy atom. The van der Waals surface area contributed by atoms with Crippen LogP contribution in [0.5, 0.6) is 0 Å². The largest absolute Gasteiger partial charge is 0.381 e. The van der Waals surface area contributed by atoms with Gasteiger partial charge in [0, 0.05) is 18.6 Å². The van der Waals surface area contributed by atoms with E-state index >= 15 is 0 Å². The van der Waals surface area contributed by atoms with E-state index in [1.165, 1.54) is 0 Å². The number of ether oxygens (including phenoxy) is 2. The lowest BCUT2D eigenvalue weighted by Crippen LogP contribution is -2.34. The first-order valence-corrected chi connectivity index (χ1v) is 5.82. The molecule has 1 aliphatic carbocycles. The van der Waals surface area contributed by atoms with E-state index in [0.717, 1.165) is 51.2 Å². The first-order chi connectivity index (χ1) is 7.22. The highest BCUT2D eigenvalue weighted by Crippen LogP contribution is 2.35. The van der Waals surface area contributed by atoms with Crippen LogP contribution >= 0.6 is 0 Å². The standard InChI is InChI=1S/C12H21BO2/c1-3-14-9-12(10-15-4-2)7-5-11(13)6-8-12/h5H,3-4,6-10H2,1-2H3. The summed E-state index contributed by atoms with van der Waals surface area (Å²) in [6.45, 7) is 7.17. The van der Waals surface area contributed by atoms with E-state index in [1.54, 1.807) is 0 Å². The second kappa shape index (κ2) is 6.34. The van der Waals surface area contributed by atoms with Gasteiger partial charge in [-0.2, -0.15) is 0 Å². The van der Waals surface area contributed by atoms with Gasteiger partial charge >= 0.3 is 0 Å². The molecule has 0 unspecified atom stereocenters. The van der Waals surface area contributed by atoms with E-state index in [4.69, 9.17) is 17.3 Å². The van der Waals surface area contributed by atoms with E-state index in [1.807, 2.05) is 13.8 Å². The molecule has 0 aromatic heterocycles. The van der Waals surface area contributed by atoms with Gasteiger partial charge in [-0.25, -0.2) is 0 Å². The van der Waals surface area contributed by atoms with Crippen molar-refractivity contribution in [2.75, 3.05) is 26.4 Å². The Kier molecular flexibility index (Phi) is 5.41. The van der Waals surface area contributed by atoms with Crippen molar-refractivity contribution >= 4 is 7.85 Å². The van der Waals surface area contributed by atoms with Crippen LogP contribution in [-0.2, 0) is 9.47 Å². The van der Waals surface area contributed by atoms with Gasteiger partial charge in [0.15, 0.2) is 0 Å². The number of hydrogen-bond acceptors (Lipinski definition) is 2. The smallest absolute Gasteiger partial charge is 0.107 e. The molecule has 0 bridgehead atoms. The van der Waals surface area contributed by atoms with Crippen LogP contribution in [0.2, 0.25) is 0 Å². The predicted molar refractivity (Wildman–Crippen MR) is 63.1 cm³/mol. The highest BCUT2D eigenvalue weighted by molar-refractivity contribution is 6.21. The first kappa shape index (κ1) is 12.8. The van der Waals surface area contributed by atoms with Crippen molar-refractivity contribution < 1.29 is 9.47 Å². The maximum absolute atomic E-state index is 5.79. The highest BCUT2D eigenvalue weighted by atomic mass is 16.5. The van der Waals surface area contributed by atoms with E-state index in [9.17, 15) is 0 Å². The minimum atomic E-state index is 0.162. The topological polar surface area (TPSA) is 18.5 Å². The number of hydrogen-bond donors (Lipinski definition) is 0. The van der Waals surface area contributed by atoms with Crippen LogP contribution in [0.4, 0.5) is 0 Å². The Bertz CT molecular complexity index is 206. The molecule has 0 saturated carbocycles. The van der Waals surface area contributed by atoms with Crippen molar-refractivity contribution in [2.24, 2.45) is 5.41 Å². The van der Waals surface area contributed by atoms with Gasteiger partial charge in [-0.3, -0.25) is 0 Å². The summed E-state index contributed by atoms with van der Waals surface area (Å²) in [6, 6.07) is 0. The van der Waals surface area contributed by atoms with Crippen molar-refractivity contribution in [3.63, 3.8) is 0 Å². The molecule has 0 amide bonds. The molecule has 0 fully saturated rings. The molecule has 1 rings (SSSR count). The third-order valence-electron chi connectivity index (χ3n) is 2.97. The molecular formula is C12H21BO2. The molecular weight excluding hydrogens is 187 g/mol. The summed E-state index contributed by atoms with van der Waals surface area (Å²) in [4.78, 5) is 0. The van der Waals surface area contributed by atoms with Crippen LogP contribution in [0.25, 0.3) is 0 Å². The van der Waals surface area contributed by atoms with E-state index in [0.29, 0.717) is 0 Å². The van der Waals surface area contributed by atoms with Gasteiger partial charge in [-0.15, -0.1) is 5.47 Å². The normalized spacial score (nSPS) is 20.0. The third-order valence-corrected chi connectivity index (χ3v) is 2.97. The van der Waals surface area contributed by atoms with Crippen molar-refractivity contribution in [1.82, 2.24) is 0 Å². The molecule has 0 aromatic rings. The van der Waals surface area contributed by atoms with E-state index in [2.05, 4.69) is 6.08 Å². The lowest BCUT2D eigenvalue weighted by molar-refractivity contribution is -0.0219. The fraction of sp³-hybridized carbons (Fsp3) is 0.833. The zero-order valence-corrected chi connectivity index (χ0v) is 9.92. The van der Waals surface area contributed by atoms with Gasteiger partial charge in [-0.1, -0.05) is 6.08 Å². The van der Waals surface area contributed by atoms with Gasteiger partial charge in [0.1, 0.15) is 7.85 Å². The van der Waals surface area contributed by atoms with Crippen molar-refractivity contribution in [1.29, 1.82) is 0 Å². The monoisotopic (exact) mass is 208 g/mol. The third kappa shape index (κ3) is 4.00. The lowest BCUT2D eigenvalue weighted by atomic mass is 9.72. The predicted octanol–water partition coefficient (Wildman–Crippen LogP) is 2.28. The molecule has 15 heavy (non-hydrogen) atoms. The SMILES string of the molecule is [B]C1=CCC(COCC)(COCC)CC1. The fourth-order valence-electron chi connectivity index (χ4n) is 1.90. The molecule has 0 aliphatic heterocycles. The van der Waals surface area contributed by atoms with Crippen molar-refractivity contribution in [3.05, 3.63) is 11.5 Å². The Morgan fingerprint density at radius 3 is 2.27 bits per heavy atom. The summed E-state index contributed by atoms with van der Waals surface area (Å²) in [7, 11) is 5.79. The molecule has 0 aromatic carbocycles.